The molecule has 3 aromatic rings. The minimum absolute atomic E-state index is 0.153. The molecule has 4 rings (SSSR count). The monoisotopic (exact) mass is 362 g/mol. The van der Waals surface area contributed by atoms with Crippen LogP contribution >= 0.6 is 0 Å². The molecule has 1 aromatic heterocycles. The number of hydrogen-bond donors (Lipinski definition) is 2. The number of carbonyl (C=O) groups is 1. The standard InChI is InChI=1S/C21H19FN4O/c1-12-21(26-19(27)10-13-2-5-15(22)6-3-13)25-18-9-4-14-11-16(23)7-8-17(14)20(18)24-12/h2-3,5-8,11H,4,9-10,23H2,1H3,(H,25,26,27). The van der Waals surface area contributed by atoms with Crippen LogP contribution in [0.2, 0.25) is 0 Å². The minimum Gasteiger partial charge on any atom is -0.399 e. The van der Waals surface area contributed by atoms with E-state index in [2.05, 4.69) is 15.3 Å². The average molecular weight is 362 g/mol. The molecule has 6 heteroatoms. The van der Waals surface area contributed by atoms with Crippen LogP contribution in [0.4, 0.5) is 15.9 Å². The van der Waals surface area contributed by atoms with Crippen LogP contribution in [0.15, 0.2) is 42.5 Å². The van der Waals surface area contributed by atoms with E-state index in [1.807, 2.05) is 25.1 Å². The number of halogens is 1. The second kappa shape index (κ2) is 6.79. The van der Waals surface area contributed by atoms with Crippen molar-refractivity contribution in [1.82, 2.24) is 9.97 Å². The van der Waals surface area contributed by atoms with Crippen molar-refractivity contribution < 1.29 is 9.18 Å². The number of carbonyl (C=O) groups excluding carboxylic acids is 1. The van der Waals surface area contributed by atoms with Crippen LogP contribution < -0.4 is 11.1 Å². The molecule has 27 heavy (non-hydrogen) atoms. The molecule has 0 radical (unpaired) electrons. The van der Waals surface area contributed by atoms with Gasteiger partial charge in [-0.25, -0.2) is 14.4 Å². The first-order chi connectivity index (χ1) is 13.0. The van der Waals surface area contributed by atoms with Crippen molar-refractivity contribution >= 4 is 17.4 Å². The molecule has 0 unspecified atom stereocenters. The number of nitrogens with two attached hydrogens (primary N) is 1. The molecule has 5 nitrogen and oxygen atoms in total. The van der Waals surface area contributed by atoms with Crippen LogP contribution in [0, 0.1) is 12.7 Å². The van der Waals surface area contributed by atoms with Crippen molar-refractivity contribution in [2.45, 2.75) is 26.2 Å². The van der Waals surface area contributed by atoms with E-state index in [4.69, 9.17) is 5.73 Å². The Morgan fingerprint density at radius 1 is 1.15 bits per heavy atom. The zero-order valence-corrected chi connectivity index (χ0v) is 14.9. The summed E-state index contributed by atoms with van der Waals surface area (Å²) in [6.07, 6.45) is 1.74. The third-order valence-electron chi connectivity index (χ3n) is 4.69. The first kappa shape index (κ1) is 17.1. The SMILES string of the molecule is Cc1nc2c(nc1NC(=O)Cc1ccc(F)cc1)CCc1cc(N)ccc1-2. The topological polar surface area (TPSA) is 80.9 Å². The zero-order chi connectivity index (χ0) is 19.0. The number of aryl methyl sites for hydroxylation is 3. The molecule has 136 valence electrons. The summed E-state index contributed by atoms with van der Waals surface area (Å²) < 4.78 is 13.0. The molecule has 0 aliphatic heterocycles. The highest BCUT2D eigenvalue weighted by Crippen LogP contribution is 2.33. The van der Waals surface area contributed by atoms with Gasteiger partial charge in [0.05, 0.1) is 23.5 Å². The lowest BCUT2D eigenvalue weighted by atomic mass is 9.91. The summed E-state index contributed by atoms with van der Waals surface area (Å²) in [4.78, 5) is 21.7. The van der Waals surface area contributed by atoms with E-state index in [0.29, 0.717) is 11.5 Å². The van der Waals surface area contributed by atoms with Gasteiger partial charge in [0.1, 0.15) is 5.82 Å². The predicted molar refractivity (Wildman–Crippen MR) is 103 cm³/mol. The fourth-order valence-corrected chi connectivity index (χ4v) is 3.33. The lowest BCUT2D eigenvalue weighted by Gasteiger charge is -2.20. The van der Waals surface area contributed by atoms with Crippen molar-refractivity contribution in [3.05, 3.63) is 70.8 Å². The summed E-state index contributed by atoms with van der Waals surface area (Å²) in [5, 5.41) is 2.83. The molecule has 0 fully saturated rings. The number of fused-ring (bicyclic) bond motifs is 3. The number of benzene rings is 2. The van der Waals surface area contributed by atoms with E-state index >= 15 is 0 Å². The van der Waals surface area contributed by atoms with Crippen molar-refractivity contribution in [2.24, 2.45) is 0 Å². The molecule has 2 aromatic carbocycles. The number of amides is 1. The molecule has 1 aliphatic carbocycles. The van der Waals surface area contributed by atoms with Crippen molar-refractivity contribution in [2.75, 3.05) is 11.1 Å². The van der Waals surface area contributed by atoms with Gasteiger partial charge in [-0.2, -0.15) is 0 Å². The Labute approximate surface area is 156 Å². The van der Waals surface area contributed by atoms with Gasteiger partial charge < -0.3 is 11.1 Å². The van der Waals surface area contributed by atoms with Gasteiger partial charge in [-0.1, -0.05) is 18.2 Å². The van der Waals surface area contributed by atoms with E-state index in [9.17, 15) is 9.18 Å². The Morgan fingerprint density at radius 2 is 1.93 bits per heavy atom. The second-order valence-corrected chi connectivity index (χ2v) is 6.72. The van der Waals surface area contributed by atoms with Gasteiger partial charge in [-0.3, -0.25) is 4.79 Å². The maximum Gasteiger partial charge on any atom is 0.229 e. The van der Waals surface area contributed by atoms with E-state index in [1.54, 1.807) is 12.1 Å². The molecule has 3 N–H and O–H groups in total. The van der Waals surface area contributed by atoms with Gasteiger partial charge in [0.15, 0.2) is 5.82 Å². The normalized spacial score (nSPS) is 12.2. The fourth-order valence-electron chi connectivity index (χ4n) is 3.33. The van der Waals surface area contributed by atoms with E-state index < -0.39 is 0 Å². The second-order valence-electron chi connectivity index (χ2n) is 6.72. The highest BCUT2D eigenvalue weighted by Gasteiger charge is 2.21. The van der Waals surface area contributed by atoms with Crippen LogP contribution in [0.5, 0.6) is 0 Å². The highest BCUT2D eigenvalue weighted by atomic mass is 19.1. The summed E-state index contributed by atoms with van der Waals surface area (Å²) in [6.45, 7) is 1.83. The first-order valence-corrected chi connectivity index (χ1v) is 8.80. The van der Waals surface area contributed by atoms with E-state index in [0.717, 1.165) is 41.0 Å². The quantitative estimate of drug-likeness (QED) is 0.699. The molecule has 0 saturated carbocycles. The zero-order valence-electron chi connectivity index (χ0n) is 14.9. The van der Waals surface area contributed by atoms with Crippen LogP contribution in [0.3, 0.4) is 0 Å². The Morgan fingerprint density at radius 3 is 2.70 bits per heavy atom. The minimum atomic E-state index is -0.322. The Balaban J connectivity index is 1.57. The lowest BCUT2D eigenvalue weighted by molar-refractivity contribution is -0.115. The summed E-state index contributed by atoms with van der Waals surface area (Å²) >= 11 is 0. The largest absolute Gasteiger partial charge is 0.399 e. The van der Waals surface area contributed by atoms with E-state index in [-0.39, 0.29) is 18.1 Å². The molecule has 0 atom stereocenters. The number of nitrogens with zero attached hydrogens (tertiary/aromatic N) is 2. The number of hydrogen-bond acceptors (Lipinski definition) is 4. The molecule has 0 spiro atoms. The van der Waals surface area contributed by atoms with Crippen molar-refractivity contribution in [3.63, 3.8) is 0 Å². The molecule has 0 bridgehead atoms. The molecule has 0 saturated heterocycles. The van der Waals surface area contributed by atoms with Crippen LogP contribution in [0.25, 0.3) is 11.3 Å². The third kappa shape index (κ3) is 3.51. The van der Waals surface area contributed by atoms with Gasteiger partial charge in [0.2, 0.25) is 5.91 Å². The number of aromatic nitrogens is 2. The summed E-state index contributed by atoms with van der Waals surface area (Å²) in [5.74, 6) is -0.0553. The van der Waals surface area contributed by atoms with Crippen molar-refractivity contribution in [3.8, 4) is 11.3 Å². The first-order valence-electron chi connectivity index (χ1n) is 8.80. The van der Waals surface area contributed by atoms with E-state index in [1.165, 1.54) is 17.7 Å². The van der Waals surface area contributed by atoms with Crippen LogP contribution in [-0.4, -0.2) is 15.9 Å². The third-order valence-corrected chi connectivity index (χ3v) is 4.69. The Kier molecular flexibility index (Phi) is 4.32. The predicted octanol–water partition coefficient (Wildman–Crippen LogP) is 3.45. The van der Waals surface area contributed by atoms with Gasteiger partial charge in [0.25, 0.3) is 0 Å². The Hall–Kier alpha value is -3.28. The van der Waals surface area contributed by atoms with Gasteiger partial charge >= 0.3 is 0 Å². The summed E-state index contributed by atoms with van der Waals surface area (Å²) in [6, 6.07) is 11.7. The fraction of sp³-hybridized carbons (Fsp3) is 0.190. The molecule has 1 aliphatic rings. The van der Waals surface area contributed by atoms with Crippen LogP contribution in [-0.2, 0) is 24.1 Å². The number of nitrogen functional groups attached to an aromatic ring is 1. The van der Waals surface area contributed by atoms with Gasteiger partial charge in [-0.15, -0.1) is 0 Å². The number of nitrogens with one attached hydrogen (secondary N) is 1. The Bertz CT molecular complexity index is 1030. The lowest BCUT2D eigenvalue weighted by Crippen LogP contribution is -2.19. The highest BCUT2D eigenvalue weighted by molar-refractivity contribution is 5.92. The van der Waals surface area contributed by atoms with Crippen LogP contribution in [0.1, 0.15) is 22.5 Å². The smallest absolute Gasteiger partial charge is 0.229 e. The summed E-state index contributed by atoms with van der Waals surface area (Å²) in [5.41, 5.74) is 12.0. The van der Waals surface area contributed by atoms with Gasteiger partial charge in [0, 0.05) is 11.3 Å². The van der Waals surface area contributed by atoms with Crippen molar-refractivity contribution in [1.29, 1.82) is 0 Å². The maximum atomic E-state index is 13.0. The summed E-state index contributed by atoms with van der Waals surface area (Å²) in [7, 11) is 0. The maximum absolute atomic E-state index is 13.0. The average Bonchev–Trinajstić information content (AvgIpc) is 2.64. The molecular formula is C21H19FN4O. The molecular weight excluding hydrogens is 343 g/mol. The molecule has 1 amide bonds. The van der Waals surface area contributed by atoms with Gasteiger partial charge in [-0.05, 0) is 55.2 Å². The number of rotatable bonds is 3. The number of anilines is 2. The molecule has 1 heterocycles.